The molecule has 84 valence electrons. The predicted octanol–water partition coefficient (Wildman–Crippen LogP) is 0.730. The Bertz CT molecular complexity index is 322. The van der Waals surface area contributed by atoms with Crippen molar-refractivity contribution in [1.29, 1.82) is 0 Å². The molecule has 0 aliphatic carbocycles. The van der Waals surface area contributed by atoms with Gasteiger partial charge in [0.15, 0.2) is 0 Å². The largest absolute Gasteiger partial charge is 0.394 e. The molecule has 0 spiro atoms. The van der Waals surface area contributed by atoms with Crippen LogP contribution in [0.25, 0.3) is 0 Å². The van der Waals surface area contributed by atoms with E-state index in [1.165, 1.54) is 17.8 Å². The molecule has 1 aromatic carbocycles. The van der Waals surface area contributed by atoms with Gasteiger partial charge in [0.05, 0.1) is 12.7 Å². The summed E-state index contributed by atoms with van der Waals surface area (Å²) in [6.45, 7) is -0.162. The third-order valence-corrected chi connectivity index (χ3v) is 3.17. The number of rotatable bonds is 5. The number of aliphatic hydroxyl groups is 2. The average molecular weight is 231 g/mol. The Hall–Kier alpha value is -0.620. The van der Waals surface area contributed by atoms with Crippen LogP contribution < -0.4 is 5.73 Å². The summed E-state index contributed by atoms with van der Waals surface area (Å²) in [5.74, 6) is -0.00608. The first-order valence-corrected chi connectivity index (χ1v) is 5.56. The van der Waals surface area contributed by atoms with Gasteiger partial charge in [-0.05, 0) is 12.1 Å². The zero-order valence-corrected chi connectivity index (χ0v) is 9.01. The van der Waals surface area contributed by atoms with Crippen molar-refractivity contribution in [3.63, 3.8) is 0 Å². The van der Waals surface area contributed by atoms with Crippen LogP contribution in [0.5, 0.6) is 0 Å². The minimum Gasteiger partial charge on any atom is -0.394 e. The third kappa shape index (κ3) is 3.46. The second-order valence-electron chi connectivity index (χ2n) is 3.07. The Labute approximate surface area is 92.1 Å². The minimum atomic E-state index is -0.788. The Morgan fingerprint density at radius 1 is 1.47 bits per heavy atom. The highest BCUT2D eigenvalue weighted by atomic mass is 32.2. The van der Waals surface area contributed by atoms with Crippen LogP contribution in [-0.4, -0.2) is 28.7 Å². The van der Waals surface area contributed by atoms with Crippen LogP contribution in [0.2, 0.25) is 0 Å². The summed E-state index contributed by atoms with van der Waals surface area (Å²) >= 11 is 1.29. The lowest BCUT2D eigenvalue weighted by atomic mass is 10.2. The van der Waals surface area contributed by atoms with Gasteiger partial charge in [0, 0.05) is 22.8 Å². The van der Waals surface area contributed by atoms with Crippen LogP contribution in [0.15, 0.2) is 23.1 Å². The Morgan fingerprint density at radius 2 is 2.20 bits per heavy atom. The van der Waals surface area contributed by atoms with Gasteiger partial charge in [-0.3, -0.25) is 0 Å². The lowest BCUT2D eigenvalue weighted by Crippen LogP contribution is -2.15. The fraction of sp³-hybridized carbons (Fsp3) is 0.400. The molecule has 5 heteroatoms. The van der Waals surface area contributed by atoms with Gasteiger partial charge in [-0.2, -0.15) is 0 Å². The van der Waals surface area contributed by atoms with E-state index in [0.29, 0.717) is 16.2 Å². The topological polar surface area (TPSA) is 66.5 Å². The van der Waals surface area contributed by atoms with Crippen molar-refractivity contribution in [3.8, 4) is 0 Å². The molecule has 0 aliphatic rings. The summed E-state index contributed by atoms with van der Waals surface area (Å²) < 4.78 is 13.3. The SMILES string of the molecule is NCc1c(F)cccc1SCC(O)CO. The van der Waals surface area contributed by atoms with Crippen LogP contribution in [-0.2, 0) is 6.54 Å². The van der Waals surface area contributed by atoms with Crippen molar-refractivity contribution in [2.24, 2.45) is 5.73 Å². The van der Waals surface area contributed by atoms with Gasteiger partial charge >= 0.3 is 0 Å². The molecular weight excluding hydrogens is 217 g/mol. The first-order valence-electron chi connectivity index (χ1n) is 4.58. The van der Waals surface area contributed by atoms with E-state index in [-0.39, 0.29) is 19.0 Å². The molecule has 0 bridgehead atoms. The maximum absolute atomic E-state index is 13.3. The third-order valence-electron chi connectivity index (χ3n) is 1.92. The monoisotopic (exact) mass is 231 g/mol. The summed E-state index contributed by atoms with van der Waals surface area (Å²) in [5.41, 5.74) is 5.88. The molecule has 1 atom stereocenters. The fourth-order valence-corrected chi connectivity index (χ4v) is 2.12. The van der Waals surface area contributed by atoms with E-state index < -0.39 is 6.10 Å². The van der Waals surface area contributed by atoms with E-state index in [1.54, 1.807) is 12.1 Å². The van der Waals surface area contributed by atoms with Crippen LogP contribution in [0.4, 0.5) is 4.39 Å². The summed E-state index contributed by atoms with van der Waals surface area (Å²) in [7, 11) is 0. The molecule has 3 nitrogen and oxygen atoms in total. The molecule has 0 heterocycles. The van der Waals surface area contributed by atoms with E-state index in [1.807, 2.05) is 0 Å². The van der Waals surface area contributed by atoms with Crippen LogP contribution in [0.3, 0.4) is 0 Å². The normalized spacial score (nSPS) is 12.8. The van der Waals surface area contributed by atoms with Gasteiger partial charge in [-0.15, -0.1) is 11.8 Å². The van der Waals surface area contributed by atoms with Crippen molar-refractivity contribution < 1.29 is 14.6 Å². The Kier molecular flexibility index (Phi) is 5.04. The van der Waals surface area contributed by atoms with E-state index in [2.05, 4.69) is 0 Å². The zero-order chi connectivity index (χ0) is 11.3. The van der Waals surface area contributed by atoms with Gasteiger partial charge in [0.25, 0.3) is 0 Å². The number of aliphatic hydroxyl groups excluding tert-OH is 2. The number of hydrogen-bond acceptors (Lipinski definition) is 4. The molecule has 1 unspecified atom stereocenters. The molecular formula is C10H14FNO2S. The molecule has 0 aliphatic heterocycles. The molecule has 1 aromatic rings. The summed E-state index contributed by atoms with van der Waals surface area (Å²) in [4.78, 5) is 0.713. The predicted molar refractivity (Wildman–Crippen MR) is 58.1 cm³/mol. The lowest BCUT2D eigenvalue weighted by Gasteiger charge is -2.10. The van der Waals surface area contributed by atoms with E-state index in [9.17, 15) is 4.39 Å². The number of thioether (sulfide) groups is 1. The average Bonchev–Trinajstić information content (AvgIpc) is 2.25. The summed E-state index contributed by atoms with van der Waals surface area (Å²) in [5, 5.41) is 17.8. The number of nitrogens with two attached hydrogens (primary N) is 1. The summed E-state index contributed by atoms with van der Waals surface area (Å²) in [6, 6.07) is 4.71. The van der Waals surface area contributed by atoms with Crippen molar-refractivity contribution in [2.75, 3.05) is 12.4 Å². The van der Waals surface area contributed by atoms with Gasteiger partial charge < -0.3 is 15.9 Å². The first kappa shape index (κ1) is 12.4. The highest BCUT2D eigenvalue weighted by Gasteiger charge is 2.09. The quantitative estimate of drug-likeness (QED) is 0.654. The lowest BCUT2D eigenvalue weighted by molar-refractivity contribution is 0.113. The highest BCUT2D eigenvalue weighted by Crippen LogP contribution is 2.25. The second-order valence-corrected chi connectivity index (χ2v) is 4.13. The molecule has 0 radical (unpaired) electrons. The van der Waals surface area contributed by atoms with E-state index in [0.717, 1.165) is 0 Å². The first-order chi connectivity index (χ1) is 7.19. The maximum atomic E-state index is 13.3. The number of benzene rings is 1. The summed E-state index contributed by atoms with van der Waals surface area (Å²) in [6.07, 6.45) is -0.788. The minimum absolute atomic E-state index is 0.129. The van der Waals surface area contributed by atoms with Crippen LogP contribution in [0, 0.1) is 5.82 Å². The standard InChI is InChI=1S/C10H14FNO2S/c11-9-2-1-3-10(8(9)4-12)15-6-7(14)5-13/h1-3,7,13-14H,4-6,12H2. The molecule has 0 saturated carbocycles. The molecule has 0 fully saturated rings. The van der Waals surface area contributed by atoms with Crippen LogP contribution >= 0.6 is 11.8 Å². The second kappa shape index (κ2) is 6.07. The smallest absolute Gasteiger partial charge is 0.128 e. The Balaban J connectivity index is 2.72. The van der Waals surface area contributed by atoms with Gasteiger partial charge in [-0.25, -0.2) is 4.39 Å². The van der Waals surface area contributed by atoms with Gasteiger partial charge in [-0.1, -0.05) is 6.07 Å². The van der Waals surface area contributed by atoms with E-state index >= 15 is 0 Å². The number of halogens is 1. The molecule has 0 aromatic heterocycles. The molecule has 15 heavy (non-hydrogen) atoms. The van der Waals surface area contributed by atoms with Crippen molar-refractivity contribution in [1.82, 2.24) is 0 Å². The zero-order valence-electron chi connectivity index (χ0n) is 8.19. The van der Waals surface area contributed by atoms with Crippen LogP contribution in [0.1, 0.15) is 5.56 Å². The number of hydrogen-bond donors (Lipinski definition) is 3. The van der Waals surface area contributed by atoms with Gasteiger partial charge in [0.2, 0.25) is 0 Å². The fourth-order valence-electron chi connectivity index (χ4n) is 1.11. The molecule has 4 N–H and O–H groups in total. The van der Waals surface area contributed by atoms with Crippen molar-refractivity contribution >= 4 is 11.8 Å². The molecule has 1 rings (SSSR count). The van der Waals surface area contributed by atoms with Gasteiger partial charge in [0.1, 0.15) is 5.82 Å². The molecule has 0 amide bonds. The van der Waals surface area contributed by atoms with E-state index in [4.69, 9.17) is 15.9 Å². The highest BCUT2D eigenvalue weighted by molar-refractivity contribution is 7.99. The van der Waals surface area contributed by atoms with Crippen molar-refractivity contribution in [3.05, 3.63) is 29.6 Å². The van der Waals surface area contributed by atoms with Crippen molar-refractivity contribution in [2.45, 2.75) is 17.5 Å². The Morgan fingerprint density at radius 3 is 2.80 bits per heavy atom. The maximum Gasteiger partial charge on any atom is 0.128 e. The molecule has 0 saturated heterocycles.